The van der Waals surface area contributed by atoms with Gasteiger partial charge in [-0.05, 0) is 85.6 Å². The van der Waals surface area contributed by atoms with Crippen molar-refractivity contribution >= 4 is 35.1 Å². The van der Waals surface area contributed by atoms with Crippen LogP contribution in [0.25, 0.3) is 11.1 Å². The number of anilines is 1. The van der Waals surface area contributed by atoms with Crippen molar-refractivity contribution in [2.24, 2.45) is 0 Å². The van der Waals surface area contributed by atoms with Gasteiger partial charge in [-0.3, -0.25) is 9.59 Å². The number of carbonyl (C=O) groups excluding carboxylic acids is 2. The number of nitrogens with one attached hydrogen (secondary N) is 2. The van der Waals surface area contributed by atoms with Gasteiger partial charge in [-0.15, -0.1) is 0 Å². The zero-order valence-corrected chi connectivity index (χ0v) is 26.5. The Hall–Kier alpha value is -5.60. The molecule has 0 aliphatic heterocycles. The van der Waals surface area contributed by atoms with E-state index < -0.39 is 23.8 Å². The van der Waals surface area contributed by atoms with Gasteiger partial charge in [0.05, 0.1) is 17.4 Å². The Morgan fingerprint density at radius 1 is 0.766 bits per heavy atom. The first-order valence-corrected chi connectivity index (χ1v) is 15.4. The molecule has 0 spiro atoms. The summed E-state index contributed by atoms with van der Waals surface area (Å²) in [6.07, 6.45) is 0.0426. The third kappa shape index (κ3) is 8.77. The number of aliphatic carboxylic acids is 1. The van der Waals surface area contributed by atoms with Crippen molar-refractivity contribution in [1.29, 1.82) is 0 Å². The number of halogens is 1. The van der Waals surface area contributed by atoms with Crippen LogP contribution in [0, 0.1) is 0 Å². The highest BCUT2D eigenvalue weighted by atomic mass is 35.5. The molecule has 0 saturated carbocycles. The molecule has 238 valence electrons. The molecule has 1 unspecified atom stereocenters. The maximum absolute atomic E-state index is 13.4. The van der Waals surface area contributed by atoms with Gasteiger partial charge in [0.1, 0.15) is 23.3 Å². The molecule has 8 nitrogen and oxygen atoms in total. The Bertz CT molecular complexity index is 1860. The minimum absolute atomic E-state index is 0.00973. The van der Waals surface area contributed by atoms with Crippen LogP contribution < -0.4 is 20.1 Å². The van der Waals surface area contributed by atoms with Crippen molar-refractivity contribution in [3.05, 3.63) is 143 Å². The number of hydrogen-bond donors (Lipinski definition) is 3. The Kier molecular flexibility index (Phi) is 10.5. The number of carbonyl (C=O) groups is 3. The first-order chi connectivity index (χ1) is 22.7. The van der Waals surface area contributed by atoms with E-state index in [0.717, 1.165) is 16.9 Å². The Balaban J connectivity index is 1.27. The molecular weight excluding hydrogens is 616 g/mol. The van der Waals surface area contributed by atoms with E-state index in [1.807, 2.05) is 92.7 Å². The lowest BCUT2D eigenvalue weighted by Crippen LogP contribution is -2.42. The van der Waals surface area contributed by atoms with E-state index in [-0.39, 0.29) is 28.8 Å². The Labute approximate surface area is 277 Å². The van der Waals surface area contributed by atoms with E-state index in [0.29, 0.717) is 22.6 Å². The summed E-state index contributed by atoms with van der Waals surface area (Å²) >= 11 is 6.20. The van der Waals surface area contributed by atoms with Gasteiger partial charge in [-0.25, -0.2) is 4.79 Å². The third-order valence-electron chi connectivity index (χ3n) is 7.13. The normalized spacial score (nSPS) is 11.4. The van der Waals surface area contributed by atoms with Crippen molar-refractivity contribution in [3.63, 3.8) is 0 Å². The summed E-state index contributed by atoms with van der Waals surface area (Å²) in [7, 11) is 0. The standard InChI is InChI=1S/C38H33ClN2O6/c1-24(2)46-35-11-7-6-10-31(35)26-14-12-25(13-15-26)22-34(38(44)45)41-37(43)32-23-28(39)18-21-33(32)40-36(42)27-16-19-30(20-17-27)47-29-8-4-3-5-9-29/h3-21,23-24,34H,22H2,1-2H3,(H,40,42)(H,41,43)(H,44,45). The van der Waals surface area contributed by atoms with Gasteiger partial charge in [0.2, 0.25) is 0 Å². The molecule has 0 aliphatic carbocycles. The Morgan fingerprint density at radius 3 is 2.11 bits per heavy atom. The number of carboxylic acids is 1. The number of hydrogen-bond acceptors (Lipinski definition) is 5. The van der Waals surface area contributed by atoms with Gasteiger partial charge < -0.3 is 25.2 Å². The second kappa shape index (κ2) is 15.1. The topological polar surface area (TPSA) is 114 Å². The number of benzene rings is 5. The van der Waals surface area contributed by atoms with Gasteiger partial charge in [-0.1, -0.05) is 72.3 Å². The van der Waals surface area contributed by atoms with Gasteiger partial charge in [0.25, 0.3) is 11.8 Å². The number of amides is 2. The smallest absolute Gasteiger partial charge is 0.326 e. The summed E-state index contributed by atoms with van der Waals surface area (Å²) in [5.41, 5.74) is 3.08. The van der Waals surface area contributed by atoms with Gasteiger partial charge >= 0.3 is 5.97 Å². The number of para-hydroxylation sites is 2. The molecule has 0 heterocycles. The zero-order valence-electron chi connectivity index (χ0n) is 25.8. The van der Waals surface area contributed by atoms with Gasteiger partial charge in [0.15, 0.2) is 0 Å². The van der Waals surface area contributed by atoms with Crippen molar-refractivity contribution in [3.8, 4) is 28.4 Å². The molecule has 3 N–H and O–H groups in total. The average Bonchev–Trinajstić information content (AvgIpc) is 3.06. The number of ether oxygens (including phenoxy) is 2. The maximum Gasteiger partial charge on any atom is 0.326 e. The van der Waals surface area contributed by atoms with E-state index in [4.69, 9.17) is 21.1 Å². The number of carboxylic acid groups (broad SMARTS) is 1. The summed E-state index contributed by atoms with van der Waals surface area (Å²) in [6, 6.07) is 34.1. The fourth-order valence-corrected chi connectivity index (χ4v) is 5.03. The molecule has 0 aromatic heterocycles. The van der Waals surface area contributed by atoms with Crippen molar-refractivity contribution in [1.82, 2.24) is 5.32 Å². The first kappa shape index (κ1) is 32.8. The SMILES string of the molecule is CC(C)Oc1ccccc1-c1ccc(CC(NC(=O)c2cc(Cl)ccc2NC(=O)c2ccc(Oc3ccccc3)cc2)C(=O)O)cc1. The van der Waals surface area contributed by atoms with E-state index in [9.17, 15) is 19.5 Å². The fourth-order valence-electron chi connectivity index (χ4n) is 4.86. The van der Waals surface area contributed by atoms with E-state index in [2.05, 4.69) is 10.6 Å². The summed E-state index contributed by atoms with van der Waals surface area (Å²) < 4.78 is 11.7. The van der Waals surface area contributed by atoms with Gasteiger partial charge in [0, 0.05) is 22.6 Å². The van der Waals surface area contributed by atoms with Crippen LogP contribution in [0.1, 0.15) is 40.1 Å². The van der Waals surface area contributed by atoms with Crippen LogP contribution in [-0.2, 0) is 11.2 Å². The summed E-state index contributed by atoms with van der Waals surface area (Å²) in [4.78, 5) is 38.7. The van der Waals surface area contributed by atoms with Crippen LogP contribution in [-0.4, -0.2) is 35.0 Å². The molecule has 47 heavy (non-hydrogen) atoms. The second-order valence-electron chi connectivity index (χ2n) is 11.0. The monoisotopic (exact) mass is 648 g/mol. The lowest BCUT2D eigenvalue weighted by atomic mass is 9.99. The summed E-state index contributed by atoms with van der Waals surface area (Å²) in [6.45, 7) is 3.92. The van der Waals surface area contributed by atoms with Crippen LogP contribution in [0.4, 0.5) is 5.69 Å². The zero-order chi connectivity index (χ0) is 33.3. The van der Waals surface area contributed by atoms with Crippen molar-refractivity contribution in [2.75, 3.05) is 5.32 Å². The predicted molar refractivity (Wildman–Crippen MR) is 183 cm³/mol. The molecule has 0 radical (unpaired) electrons. The van der Waals surface area contributed by atoms with Crippen molar-refractivity contribution < 1.29 is 29.0 Å². The molecule has 1 atom stereocenters. The van der Waals surface area contributed by atoms with E-state index in [1.165, 1.54) is 18.2 Å². The highest BCUT2D eigenvalue weighted by Gasteiger charge is 2.24. The third-order valence-corrected chi connectivity index (χ3v) is 7.36. The first-order valence-electron chi connectivity index (χ1n) is 15.0. The van der Waals surface area contributed by atoms with Crippen LogP contribution in [0.2, 0.25) is 5.02 Å². The fraction of sp³-hybridized carbons (Fsp3) is 0.132. The minimum Gasteiger partial charge on any atom is -0.490 e. The van der Waals surface area contributed by atoms with Gasteiger partial charge in [-0.2, -0.15) is 0 Å². The molecular formula is C38H33ClN2O6. The molecule has 2 amide bonds. The molecule has 0 saturated heterocycles. The average molecular weight is 649 g/mol. The summed E-state index contributed by atoms with van der Waals surface area (Å²) in [5.74, 6) is -0.399. The predicted octanol–water partition coefficient (Wildman–Crippen LogP) is 8.26. The molecule has 0 bridgehead atoms. The second-order valence-corrected chi connectivity index (χ2v) is 11.4. The van der Waals surface area contributed by atoms with Crippen LogP contribution in [0.3, 0.4) is 0 Å². The molecule has 5 aromatic rings. The van der Waals surface area contributed by atoms with Crippen LogP contribution >= 0.6 is 11.6 Å². The van der Waals surface area contributed by atoms with Crippen LogP contribution in [0.15, 0.2) is 121 Å². The highest BCUT2D eigenvalue weighted by Crippen LogP contribution is 2.31. The van der Waals surface area contributed by atoms with E-state index >= 15 is 0 Å². The largest absolute Gasteiger partial charge is 0.490 e. The molecule has 5 rings (SSSR count). The Morgan fingerprint density at radius 2 is 1.43 bits per heavy atom. The molecule has 0 aliphatic rings. The molecule has 9 heteroatoms. The molecule has 0 fully saturated rings. The lowest BCUT2D eigenvalue weighted by molar-refractivity contribution is -0.139. The quantitative estimate of drug-likeness (QED) is 0.125. The number of rotatable bonds is 12. The van der Waals surface area contributed by atoms with E-state index in [1.54, 1.807) is 24.3 Å². The lowest BCUT2D eigenvalue weighted by Gasteiger charge is -2.18. The van der Waals surface area contributed by atoms with Crippen LogP contribution in [0.5, 0.6) is 17.2 Å². The minimum atomic E-state index is -1.25. The molecule has 5 aromatic carbocycles. The maximum atomic E-state index is 13.4. The highest BCUT2D eigenvalue weighted by molar-refractivity contribution is 6.31. The van der Waals surface area contributed by atoms with Crippen molar-refractivity contribution in [2.45, 2.75) is 32.4 Å². The summed E-state index contributed by atoms with van der Waals surface area (Å²) in [5, 5.41) is 15.6.